The van der Waals surface area contributed by atoms with E-state index in [0.717, 1.165) is 24.6 Å². The lowest BCUT2D eigenvalue weighted by Crippen LogP contribution is -2.35. The van der Waals surface area contributed by atoms with Crippen molar-refractivity contribution in [2.45, 2.75) is 39.4 Å². The van der Waals surface area contributed by atoms with Crippen LogP contribution in [0.4, 0.5) is 5.82 Å². The third kappa shape index (κ3) is 4.86. The van der Waals surface area contributed by atoms with Crippen LogP contribution in [0.15, 0.2) is 30.6 Å². The molecule has 5 nitrogen and oxygen atoms in total. The van der Waals surface area contributed by atoms with Gasteiger partial charge in [0.15, 0.2) is 0 Å². The van der Waals surface area contributed by atoms with Crippen molar-refractivity contribution in [1.29, 1.82) is 0 Å². The Hall–Kier alpha value is -1.88. The Morgan fingerprint density at radius 2 is 2.05 bits per heavy atom. The molecule has 1 N–H and O–H groups in total. The normalized spacial score (nSPS) is 11.7. The molecule has 0 atom stereocenters. The van der Waals surface area contributed by atoms with Gasteiger partial charge in [-0.2, -0.15) is 5.10 Å². The van der Waals surface area contributed by atoms with Gasteiger partial charge in [-0.3, -0.25) is 4.68 Å². The Morgan fingerprint density at radius 3 is 2.67 bits per heavy atom. The minimum atomic E-state index is 0.0965. The second-order valence-electron chi connectivity index (χ2n) is 6.47. The Labute approximate surface area is 127 Å². The number of aryl methyl sites for hydroxylation is 1. The number of anilines is 1. The van der Waals surface area contributed by atoms with Gasteiger partial charge in [-0.05, 0) is 32.9 Å². The summed E-state index contributed by atoms with van der Waals surface area (Å²) in [5.74, 6) is 0.979. The van der Waals surface area contributed by atoms with E-state index in [1.807, 2.05) is 30.2 Å². The standard InChI is InChI=1S/C16H25N5/c1-16(2,3)17-10-14-7-6-8-15(19-14)20(4)11-13-9-18-21(5)12-13/h6-9,12,17H,10-11H2,1-5H3. The third-order valence-electron chi connectivity index (χ3n) is 3.16. The first-order valence-electron chi connectivity index (χ1n) is 7.23. The molecule has 2 rings (SSSR count). The van der Waals surface area contributed by atoms with Crippen LogP contribution in [0, 0.1) is 0 Å². The average molecular weight is 287 g/mol. The van der Waals surface area contributed by atoms with Crippen LogP contribution in [0.3, 0.4) is 0 Å². The SMILES string of the molecule is CN(Cc1cnn(C)c1)c1cccc(CNC(C)(C)C)n1. The topological polar surface area (TPSA) is 46.0 Å². The average Bonchev–Trinajstić information content (AvgIpc) is 2.81. The van der Waals surface area contributed by atoms with E-state index >= 15 is 0 Å². The van der Waals surface area contributed by atoms with Gasteiger partial charge in [0.05, 0.1) is 11.9 Å². The molecule has 0 aliphatic carbocycles. The lowest BCUT2D eigenvalue weighted by atomic mass is 10.1. The third-order valence-corrected chi connectivity index (χ3v) is 3.16. The van der Waals surface area contributed by atoms with Crippen LogP contribution >= 0.6 is 0 Å². The van der Waals surface area contributed by atoms with Gasteiger partial charge >= 0.3 is 0 Å². The molecule has 0 spiro atoms. The van der Waals surface area contributed by atoms with E-state index in [9.17, 15) is 0 Å². The second kappa shape index (κ2) is 6.26. The molecule has 2 aromatic rings. The van der Waals surface area contributed by atoms with Gasteiger partial charge in [0.2, 0.25) is 0 Å². The fourth-order valence-corrected chi connectivity index (χ4v) is 2.04. The molecule has 21 heavy (non-hydrogen) atoms. The zero-order valence-corrected chi connectivity index (χ0v) is 13.6. The Balaban J connectivity index is 2.02. The predicted molar refractivity (Wildman–Crippen MR) is 86.1 cm³/mol. The van der Waals surface area contributed by atoms with Crippen LogP contribution in [0.25, 0.3) is 0 Å². The van der Waals surface area contributed by atoms with Crippen molar-refractivity contribution in [2.75, 3.05) is 11.9 Å². The van der Waals surface area contributed by atoms with E-state index in [-0.39, 0.29) is 5.54 Å². The van der Waals surface area contributed by atoms with Crippen molar-refractivity contribution in [3.63, 3.8) is 0 Å². The van der Waals surface area contributed by atoms with E-state index in [0.29, 0.717) is 0 Å². The van der Waals surface area contributed by atoms with Crippen molar-refractivity contribution in [3.8, 4) is 0 Å². The highest BCUT2D eigenvalue weighted by molar-refractivity contribution is 5.39. The number of rotatable bonds is 5. The fourth-order valence-electron chi connectivity index (χ4n) is 2.04. The van der Waals surface area contributed by atoms with Gasteiger partial charge in [0.25, 0.3) is 0 Å². The van der Waals surface area contributed by atoms with Crippen molar-refractivity contribution in [1.82, 2.24) is 20.1 Å². The Kier molecular flexibility index (Phi) is 4.63. The quantitative estimate of drug-likeness (QED) is 0.917. The van der Waals surface area contributed by atoms with Gasteiger partial charge < -0.3 is 10.2 Å². The van der Waals surface area contributed by atoms with Gasteiger partial charge in [-0.25, -0.2) is 4.98 Å². The number of nitrogens with zero attached hydrogens (tertiary/aromatic N) is 4. The first kappa shape index (κ1) is 15.5. The number of hydrogen-bond acceptors (Lipinski definition) is 4. The molecule has 0 bridgehead atoms. The van der Waals surface area contributed by atoms with Gasteiger partial charge in [0, 0.05) is 44.5 Å². The highest BCUT2D eigenvalue weighted by atomic mass is 15.2. The summed E-state index contributed by atoms with van der Waals surface area (Å²) in [6, 6.07) is 6.15. The lowest BCUT2D eigenvalue weighted by molar-refractivity contribution is 0.421. The van der Waals surface area contributed by atoms with Crippen LogP contribution in [-0.2, 0) is 20.1 Å². The zero-order chi connectivity index (χ0) is 15.5. The van der Waals surface area contributed by atoms with Crippen molar-refractivity contribution in [3.05, 3.63) is 41.9 Å². The smallest absolute Gasteiger partial charge is 0.128 e. The molecule has 0 amide bonds. The summed E-state index contributed by atoms with van der Waals surface area (Å²) in [7, 11) is 3.98. The molecule has 2 aromatic heterocycles. The summed E-state index contributed by atoms with van der Waals surface area (Å²) in [5, 5.41) is 7.66. The monoisotopic (exact) mass is 287 g/mol. The number of pyridine rings is 1. The zero-order valence-electron chi connectivity index (χ0n) is 13.6. The minimum Gasteiger partial charge on any atom is -0.355 e. The number of hydrogen-bond donors (Lipinski definition) is 1. The first-order valence-corrected chi connectivity index (χ1v) is 7.23. The van der Waals surface area contributed by atoms with E-state index in [2.05, 4.69) is 55.3 Å². The fraction of sp³-hybridized carbons (Fsp3) is 0.500. The van der Waals surface area contributed by atoms with Gasteiger partial charge in [-0.1, -0.05) is 6.07 Å². The highest BCUT2D eigenvalue weighted by Gasteiger charge is 2.10. The molecule has 0 aliphatic heterocycles. The Morgan fingerprint density at radius 1 is 1.29 bits per heavy atom. The van der Waals surface area contributed by atoms with Crippen LogP contribution in [0.5, 0.6) is 0 Å². The van der Waals surface area contributed by atoms with Gasteiger partial charge in [0.1, 0.15) is 5.82 Å². The molecule has 2 heterocycles. The maximum Gasteiger partial charge on any atom is 0.128 e. The first-order chi connectivity index (χ1) is 9.83. The van der Waals surface area contributed by atoms with E-state index in [4.69, 9.17) is 4.98 Å². The summed E-state index contributed by atoms with van der Waals surface area (Å²) < 4.78 is 1.82. The molecule has 0 fully saturated rings. The molecule has 0 saturated carbocycles. The molecular formula is C16H25N5. The summed E-state index contributed by atoms with van der Waals surface area (Å²) in [6.07, 6.45) is 3.92. The molecule has 0 unspecified atom stereocenters. The summed E-state index contributed by atoms with van der Waals surface area (Å²) in [4.78, 5) is 6.85. The molecule has 0 aromatic carbocycles. The predicted octanol–water partition coefficient (Wildman–Crippen LogP) is 2.34. The lowest BCUT2D eigenvalue weighted by Gasteiger charge is -2.21. The van der Waals surface area contributed by atoms with Crippen molar-refractivity contribution < 1.29 is 0 Å². The largest absolute Gasteiger partial charge is 0.355 e. The number of nitrogens with one attached hydrogen (secondary N) is 1. The van der Waals surface area contributed by atoms with E-state index in [1.54, 1.807) is 0 Å². The van der Waals surface area contributed by atoms with Gasteiger partial charge in [-0.15, -0.1) is 0 Å². The molecule has 0 aliphatic rings. The molecule has 114 valence electrons. The summed E-state index contributed by atoms with van der Waals surface area (Å²) in [5.41, 5.74) is 2.33. The number of aromatic nitrogens is 3. The maximum absolute atomic E-state index is 4.71. The van der Waals surface area contributed by atoms with Crippen molar-refractivity contribution in [2.24, 2.45) is 7.05 Å². The van der Waals surface area contributed by atoms with Crippen LogP contribution < -0.4 is 10.2 Å². The molecule has 5 heteroatoms. The van der Waals surface area contributed by atoms with E-state index < -0.39 is 0 Å². The van der Waals surface area contributed by atoms with Crippen LogP contribution in [0.2, 0.25) is 0 Å². The van der Waals surface area contributed by atoms with Crippen molar-refractivity contribution >= 4 is 5.82 Å². The van der Waals surface area contributed by atoms with E-state index in [1.165, 1.54) is 5.56 Å². The molecule has 0 saturated heterocycles. The summed E-state index contributed by atoms with van der Waals surface area (Å²) >= 11 is 0. The maximum atomic E-state index is 4.71. The van der Waals surface area contributed by atoms with Crippen LogP contribution in [0.1, 0.15) is 32.0 Å². The molecule has 0 radical (unpaired) electrons. The Bertz CT molecular complexity index is 582. The highest BCUT2D eigenvalue weighted by Crippen LogP contribution is 2.13. The molecular weight excluding hydrogens is 262 g/mol. The second-order valence-corrected chi connectivity index (χ2v) is 6.47. The van der Waals surface area contributed by atoms with Crippen LogP contribution in [-0.4, -0.2) is 27.4 Å². The summed E-state index contributed by atoms with van der Waals surface area (Å²) in [6.45, 7) is 8.05. The minimum absolute atomic E-state index is 0.0965.